The first kappa shape index (κ1) is 15.5. The lowest BCUT2D eigenvalue weighted by Gasteiger charge is -2.34. The zero-order chi connectivity index (χ0) is 16.4. The highest BCUT2D eigenvalue weighted by Gasteiger charge is 2.31. The molecule has 1 aliphatic heterocycles. The highest BCUT2D eigenvalue weighted by Crippen LogP contribution is 2.20. The van der Waals surface area contributed by atoms with Crippen LogP contribution in [0.2, 0.25) is 0 Å². The predicted molar refractivity (Wildman–Crippen MR) is 84.4 cm³/mol. The lowest BCUT2D eigenvalue weighted by molar-refractivity contribution is -0.140. The molecule has 0 bridgehead atoms. The van der Waals surface area contributed by atoms with Crippen molar-refractivity contribution in [2.75, 3.05) is 6.54 Å². The molecule has 0 saturated carbocycles. The fraction of sp³-hybridized carbons (Fsp3) is 0.500. The standard InChI is InChI=1S/C16H21N5O2/c1-11(2)21-10-12(3-4-15(21)22)16(23)19-8-13-7-18-14-9-17-5-6-20(13)14/h5-7,9,11-12H,3-4,8,10H2,1-2H3,(H,19,23)/t12-/m1/s1. The van der Waals surface area contributed by atoms with Crippen LogP contribution in [-0.2, 0) is 16.1 Å². The van der Waals surface area contributed by atoms with Gasteiger partial charge in [0.15, 0.2) is 5.65 Å². The Labute approximate surface area is 134 Å². The number of rotatable bonds is 4. The Morgan fingerprint density at radius 2 is 2.26 bits per heavy atom. The number of amides is 2. The lowest BCUT2D eigenvalue weighted by atomic mass is 9.95. The number of hydrogen-bond donors (Lipinski definition) is 1. The zero-order valence-electron chi connectivity index (χ0n) is 13.4. The highest BCUT2D eigenvalue weighted by molar-refractivity contribution is 5.83. The molecule has 1 atom stereocenters. The van der Waals surface area contributed by atoms with Crippen molar-refractivity contribution in [1.29, 1.82) is 0 Å². The maximum atomic E-state index is 12.4. The number of fused-ring (bicyclic) bond motifs is 1. The van der Waals surface area contributed by atoms with E-state index < -0.39 is 0 Å². The van der Waals surface area contributed by atoms with Gasteiger partial charge in [0.25, 0.3) is 0 Å². The molecule has 0 aromatic carbocycles. The van der Waals surface area contributed by atoms with E-state index in [1.165, 1.54) is 0 Å². The first-order chi connectivity index (χ1) is 11.1. The van der Waals surface area contributed by atoms with E-state index >= 15 is 0 Å². The Hall–Kier alpha value is -2.44. The van der Waals surface area contributed by atoms with Crippen LogP contribution >= 0.6 is 0 Å². The van der Waals surface area contributed by atoms with Crippen molar-refractivity contribution < 1.29 is 9.59 Å². The molecule has 1 aliphatic rings. The van der Waals surface area contributed by atoms with Gasteiger partial charge in [-0.15, -0.1) is 0 Å². The minimum Gasteiger partial charge on any atom is -0.350 e. The van der Waals surface area contributed by atoms with Crippen LogP contribution in [0.15, 0.2) is 24.8 Å². The van der Waals surface area contributed by atoms with Crippen molar-refractivity contribution in [3.63, 3.8) is 0 Å². The van der Waals surface area contributed by atoms with Gasteiger partial charge in [0.2, 0.25) is 11.8 Å². The fourth-order valence-corrected chi connectivity index (χ4v) is 2.93. The zero-order valence-corrected chi connectivity index (χ0v) is 13.4. The normalized spacial score (nSPS) is 18.7. The second kappa shape index (κ2) is 6.36. The van der Waals surface area contributed by atoms with E-state index in [9.17, 15) is 9.59 Å². The Kier molecular flexibility index (Phi) is 4.27. The number of likely N-dealkylation sites (tertiary alicyclic amines) is 1. The SMILES string of the molecule is CC(C)N1C[C@H](C(=O)NCc2cnc3cnccn23)CCC1=O. The molecule has 23 heavy (non-hydrogen) atoms. The van der Waals surface area contributed by atoms with Gasteiger partial charge >= 0.3 is 0 Å². The monoisotopic (exact) mass is 315 g/mol. The third-order valence-corrected chi connectivity index (χ3v) is 4.28. The topological polar surface area (TPSA) is 79.6 Å². The van der Waals surface area contributed by atoms with Gasteiger partial charge < -0.3 is 10.2 Å². The molecule has 0 spiro atoms. The quantitative estimate of drug-likeness (QED) is 0.912. The number of hydrogen-bond acceptors (Lipinski definition) is 4. The summed E-state index contributed by atoms with van der Waals surface area (Å²) in [5, 5.41) is 2.96. The third kappa shape index (κ3) is 3.18. The Bertz CT molecular complexity index is 724. The van der Waals surface area contributed by atoms with Crippen LogP contribution in [0.4, 0.5) is 0 Å². The summed E-state index contributed by atoms with van der Waals surface area (Å²) < 4.78 is 1.90. The molecule has 1 saturated heterocycles. The van der Waals surface area contributed by atoms with Gasteiger partial charge in [-0.2, -0.15) is 0 Å². The smallest absolute Gasteiger partial charge is 0.225 e. The molecule has 7 heteroatoms. The molecular formula is C16H21N5O2. The van der Waals surface area contributed by atoms with Gasteiger partial charge in [0, 0.05) is 31.4 Å². The third-order valence-electron chi connectivity index (χ3n) is 4.28. The molecule has 122 valence electrons. The van der Waals surface area contributed by atoms with Gasteiger partial charge in [-0.1, -0.05) is 0 Å². The average Bonchev–Trinajstić information content (AvgIpc) is 2.96. The fourth-order valence-electron chi connectivity index (χ4n) is 2.93. The molecular weight excluding hydrogens is 294 g/mol. The lowest BCUT2D eigenvalue weighted by Crippen LogP contribution is -2.48. The largest absolute Gasteiger partial charge is 0.350 e. The van der Waals surface area contributed by atoms with E-state index in [2.05, 4.69) is 15.3 Å². The summed E-state index contributed by atoms with van der Waals surface area (Å²) in [4.78, 5) is 34.3. The van der Waals surface area contributed by atoms with Crippen LogP contribution < -0.4 is 5.32 Å². The van der Waals surface area contributed by atoms with Crippen LogP contribution in [-0.4, -0.2) is 43.7 Å². The number of carbonyl (C=O) groups is 2. The molecule has 7 nitrogen and oxygen atoms in total. The summed E-state index contributed by atoms with van der Waals surface area (Å²) in [6.45, 7) is 4.87. The molecule has 2 aromatic rings. The summed E-state index contributed by atoms with van der Waals surface area (Å²) in [5.41, 5.74) is 1.66. The van der Waals surface area contributed by atoms with Crippen molar-refractivity contribution in [2.24, 2.45) is 5.92 Å². The van der Waals surface area contributed by atoms with Gasteiger partial charge in [0.1, 0.15) is 0 Å². The van der Waals surface area contributed by atoms with Crippen LogP contribution in [0.1, 0.15) is 32.4 Å². The first-order valence-electron chi connectivity index (χ1n) is 7.89. The molecule has 2 aromatic heterocycles. The summed E-state index contributed by atoms with van der Waals surface area (Å²) in [6.07, 6.45) is 7.99. The van der Waals surface area contributed by atoms with Crippen LogP contribution in [0.3, 0.4) is 0 Å². The van der Waals surface area contributed by atoms with Crippen LogP contribution in [0.25, 0.3) is 5.65 Å². The van der Waals surface area contributed by atoms with Crippen molar-refractivity contribution in [3.8, 4) is 0 Å². The number of carbonyl (C=O) groups excluding carboxylic acids is 2. The number of nitrogens with one attached hydrogen (secondary N) is 1. The maximum absolute atomic E-state index is 12.4. The molecule has 3 rings (SSSR count). The number of nitrogens with zero attached hydrogens (tertiary/aromatic N) is 4. The second-order valence-corrected chi connectivity index (χ2v) is 6.15. The molecule has 0 aliphatic carbocycles. The Morgan fingerprint density at radius 1 is 1.43 bits per heavy atom. The van der Waals surface area contributed by atoms with E-state index in [1.807, 2.05) is 24.4 Å². The molecule has 0 radical (unpaired) electrons. The van der Waals surface area contributed by atoms with E-state index in [-0.39, 0.29) is 23.8 Å². The van der Waals surface area contributed by atoms with Gasteiger partial charge in [-0.05, 0) is 20.3 Å². The van der Waals surface area contributed by atoms with Crippen molar-refractivity contribution in [2.45, 2.75) is 39.3 Å². The van der Waals surface area contributed by atoms with E-state index in [0.717, 1.165) is 11.3 Å². The maximum Gasteiger partial charge on any atom is 0.225 e. The van der Waals surface area contributed by atoms with Crippen molar-refractivity contribution >= 4 is 17.5 Å². The summed E-state index contributed by atoms with van der Waals surface area (Å²) in [5.74, 6) is -0.0126. The first-order valence-corrected chi connectivity index (χ1v) is 7.89. The average molecular weight is 315 g/mol. The van der Waals surface area contributed by atoms with Crippen LogP contribution in [0, 0.1) is 5.92 Å². The molecule has 1 fully saturated rings. The minimum atomic E-state index is -0.143. The molecule has 2 amide bonds. The van der Waals surface area contributed by atoms with E-state index in [4.69, 9.17) is 0 Å². The van der Waals surface area contributed by atoms with Gasteiger partial charge in [-0.25, -0.2) is 4.98 Å². The minimum absolute atomic E-state index is 0.00726. The summed E-state index contributed by atoms with van der Waals surface area (Å²) in [6, 6.07) is 0.129. The summed E-state index contributed by atoms with van der Waals surface area (Å²) >= 11 is 0. The highest BCUT2D eigenvalue weighted by atomic mass is 16.2. The van der Waals surface area contributed by atoms with E-state index in [1.54, 1.807) is 23.5 Å². The molecule has 3 heterocycles. The second-order valence-electron chi connectivity index (χ2n) is 6.15. The van der Waals surface area contributed by atoms with Gasteiger partial charge in [0.05, 0.1) is 30.6 Å². The number of aromatic nitrogens is 3. The summed E-state index contributed by atoms with van der Waals surface area (Å²) in [7, 11) is 0. The van der Waals surface area contributed by atoms with E-state index in [0.29, 0.717) is 25.9 Å². The molecule has 0 unspecified atom stereocenters. The number of imidazole rings is 1. The molecule has 1 N–H and O–H groups in total. The predicted octanol–water partition coefficient (Wildman–Crippen LogP) is 0.992. The van der Waals surface area contributed by atoms with Crippen LogP contribution in [0.5, 0.6) is 0 Å². The van der Waals surface area contributed by atoms with Crippen molar-refractivity contribution in [3.05, 3.63) is 30.5 Å². The number of piperidine rings is 1. The van der Waals surface area contributed by atoms with Gasteiger partial charge in [-0.3, -0.25) is 19.0 Å². The van der Waals surface area contributed by atoms with Crippen molar-refractivity contribution in [1.82, 2.24) is 24.6 Å². The Morgan fingerprint density at radius 3 is 3.04 bits per heavy atom. The Balaban J connectivity index is 1.62.